The van der Waals surface area contributed by atoms with Gasteiger partial charge in [0, 0.05) is 21.5 Å². The molecule has 29 heavy (non-hydrogen) atoms. The molecule has 0 N–H and O–H groups in total. The number of benzene rings is 4. The Hall–Kier alpha value is -3.16. The minimum atomic E-state index is -3.17. The zero-order valence-corrected chi connectivity index (χ0v) is 16.8. The maximum Gasteiger partial charge on any atom is 0.217 e. The molecule has 1 atom stereocenters. The van der Waals surface area contributed by atoms with Crippen LogP contribution in [0.1, 0.15) is 5.56 Å². The molecule has 142 valence electrons. The van der Waals surface area contributed by atoms with Crippen molar-refractivity contribution in [3.05, 3.63) is 103 Å². The van der Waals surface area contributed by atoms with Crippen LogP contribution < -0.4 is 15.9 Å². The first-order valence-electron chi connectivity index (χ1n) is 9.70. The van der Waals surface area contributed by atoms with Crippen LogP contribution in [0.25, 0.3) is 10.8 Å². The molecule has 0 aromatic heterocycles. The second-order valence-corrected chi connectivity index (χ2v) is 9.69. The van der Waals surface area contributed by atoms with E-state index in [1.165, 1.54) is 0 Å². The molecule has 0 saturated carbocycles. The van der Waals surface area contributed by atoms with E-state index in [1.807, 2.05) is 84.9 Å². The molecule has 3 nitrogen and oxygen atoms in total. The van der Waals surface area contributed by atoms with Crippen molar-refractivity contribution < 1.29 is 9.30 Å². The quantitative estimate of drug-likeness (QED) is 0.483. The Kier molecular flexibility index (Phi) is 4.54. The summed E-state index contributed by atoms with van der Waals surface area (Å²) < 4.78 is 20.9. The largest absolute Gasteiger partial charge is 0.475 e. The van der Waals surface area contributed by atoms with Crippen LogP contribution in [0.3, 0.4) is 0 Å². The predicted octanol–water partition coefficient (Wildman–Crippen LogP) is 4.26. The zero-order valence-electron chi connectivity index (χ0n) is 15.9. The van der Waals surface area contributed by atoms with E-state index >= 15 is 4.57 Å². The zero-order chi connectivity index (χ0) is 19.7. The van der Waals surface area contributed by atoms with Gasteiger partial charge in [-0.15, -0.1) is 0 Å². The van der Waals surface area contributed by atoms with Gasteiger partial charge >= 0.3 is 0 Å². The van der Waals surface area contributed by atoms with Crippen LogP contribution in [-0.2, 0) is 9.30 Å². The van der Waals surface area contributed by atoms with Crippen molar-refractivity contribution in [3.8, 4) is 0 Å². The molecular formula is C25H20NO2P. The number of fused-ring (bicyclic) bond motifs is 1. The fourth-order valence-electron chi connectivity index (χ4n) is 3.96. The third-order valence-corrected chi connectivity index (χ3v) is 8.45. The molecule has 0 saturated heterocycles. The summed E-state index contributed by atoms with van der Waals surface area (Å²) in [5, 5.41) is 4.50. The van der Waals surface area contributed by atoms with Gasteiger partial charge in [-0.25, -0.2) is 4.99 Å². The Balaban J connectivity index is 1.86. The second-order valence-electron chi connectivity index (χ2n) is 7.00. The van der Waals surface area contributed by atoms with E-state index < -0.39 is 7.14 Å². The molecular weight excluding hydrogens is 377 g/mol. The SMILES string of the molecule is O=[P@](c1ccccc1)(c1ccccc1C1=NCCO1)c1cccc2ccccc12. The number of rotatable bonds is 4. The summed E-state index contributed by atoms with van der Waals surface area (Å²) in [6.07, 6.45) is 0. The Morgan fingerprint density at radius 2 is 1.41 bits per heavy atom. The third-order valence-electron chi connectivity index (χ3n) is 5.28. The average molecular weight is 397 g/mol. The van der Waals surface area contributed by atoms with Gasteiger partial charge in [0.1, 0.15) is 6.61 Å². The highest BCUT2D eigenvalue weighted by Gasteiger charge is 2.34. The summed E-state index contributed by atoms with van der Waals surface area (Å²) >= 11 is 0. The van der Waals surface area contributed by atoms with Crippen molar-refractivity contribution in [2.45, 2.75) is 0 Å². The average Bonchev–Trinajstić information content (AvgIpc) is 3.34. The number of aliphatic imine (C=N–C) groups is 1. The van der Waals surface area contributed by atoms with E-state index in [2.05, 4.69) is 17.1 Å². The molecule has 0 aliphatic carbocycles. The summed E-state index contributed by atoms with van der Waals surface area (Å²) in [6.45, 7) is 1.20. The van der Waals surface area contributed by atoms with E-state index in [9.17, 15) is 0 Å². The van der Waals surface area contributed by atoms with Crippen LogP contribution in [0.4, 0.5) is 0 Å². The number of hydrogen-bond acceptors (Lipinski definition) is 3. The van der Waals surface area contributed by atoms with Crippen LogP contribution in [0, 0.1) is 0 Å². The molecule has 4 aromatic carbocycles. The minimum Gasteiger partial charge on any atom is -0.475 e. The summed E-state index contributed by atoms with van der Waals surface area (Å²) in [7, 11) is -3.17. The van der Waals surface area contributed by atoms with Crippen LogP contribution in [-0.4, -0.2) is 19.0 Å². The molecule has 1 aliphatic heterocycles. The lowest BCUT2D eigenvalue weighted by molar-refractivity contribution is 0.348. The molecule has 0 radical (unpaired) electrons. The van der Waals surface area contributed by atoms with E-state index in [1.54, 1.807) is 0 Å². The van der Waals surface area contributed by atoms with E-state index in [0.717, 1.165) is 32.2 Å². The van der Waals surface area contributed by atoms with Gasteiger partial charge in [-0.1, -0.05) is 91.0 Å². The molecule has 4 aromatic rings. The molecule has 0 bridgehead atoms. The van der Waals surface area contributed by atoms with Crippen molar-refractivity contribution in [3.63, 3.8) is 0 Å². The van der Waals surface area contributed by atoms with Crippen molar-refractivity contribution in [2.24, 2.45) is 4.99 Å². The summed E-state index contributed by atoms with van der Waals surface area (Å²) in [6, 6.07) is 31.7. The summed E-state index contributed by atoms with van der Waals surface area (Å²) in [4.78, 5) is 4.50. The van der Waals surface area contributed by atoms with Gasteiger partial charge < -0.3 is 9.30 Å². The van der Waals surface area contributed by atoms with E-state index in [0.29, 0.717) is 19.0 Å². The molecule has 5 rings (SSSR count). The Bertz CT molecular complexity index is 1260. The van der Waals surface area contributed by atoms with E-state index in [-0.39, 0.29) is 0 Å². The Labute approximate surface area is 170 Å². The Morgan fingerprint density at radius 3 is 2.24 bits per heavy atom. The highest BCUT2D eigenvalue weighted by Crippen LogP contribution is 2.45. The standard InChI is InChI=1S/C25H20NO2P/c27-29(20-11-2-1-3-12-20,23-16-8-10-19-9-4-5-13-21(19)23)24-15-7-6-14-22(24)25-26-17-18-28-25/h1-16H,17-18H2/t29-/m0/s1. The molecule has 0 unspecified atom stereocenters. The van der Waals surface area contributed by atoms with Crippen LogP contribution in [0.5, 0.6) is 0 Å². The van der Waals surface area contributed by atoms with Gasteiger partial charge in [-0.3, -0.25) is 0 Å². The molecule has 0 spiro atoms. The van der Waals surface area contributed by atoms with Crippen LogP contribution in [0.2, 0.25) is 0 Å². The van der Waals surface area contributed by atoms with Crippen molar-refractivity contribution in [1.82, 2.24) is 0 Å². The lowest BCUT2D eigenvalue weighted by atomic mass is 10.1. The summed E-state index contributed by atoms with van der Waals surface area (Å²) in [5.74, 6) is 0.581. The maximum atomic E-state index is 15.1. The molecule has 4 heteroatoms. The highest BCUT2D eigenvalue weighted by atomic mass is 31.2. The van der Waals surface area contributed by atoms with E-state index in [4.69, 9.17) is 4.74 Å². The number of nitrogens with zero attached hydrogens (tertiary/aromatic N) is 1. The molecule has 0 amide bonds. The normalized spacial score (nSPS) is 15.5. The topological polar surface area (TPSA) is 38.7 Å². The molecule has 1 aliphatic rings. The number of ether oxygens (including phenoxy) is 1. The van der Waals surface area contributed by atoms with Crippen molar-refractivity contribution >= 4 is 39.7 Å². The second kappa shape index (κ2) is 7.35. The predicted molar refractivity (Wildman–Crippen MR) is 121 cm³/mol. The fraction of sp³-hybridized carbons (Fsp3) is 0.0800. The van der Waals surface area contributed by atoms with Crippen molar-refractivity contribution in [1.29, 1.82) is 0 Å². The first kappa shape index (κ1) is 17.9. The van der Waals surface area contributed by atoms with Gasteiger partial charge in [0.05, 0.1) is 6.54 Å². The molecule has 0 fully saturated rings. The number of hydrogen-bond donors (Lipinski definition) is 0. The highest BCUT2D eigenvalue weighted by molar-refractivity contribution is 7.85. The molecule has 1 heterocycles. The first-order chi connectivity index (χ1) is 14.3. The first-order valence-corrected chi connectivity index (χ1v) is 11.4. The van der Waals surface area contributed by atoms with Gasteiger partial charge in [-0.2, -0.15) is 0 Å². The van der Waals surface area contributed by atoms with Gasteiger partial charge in [0.25, 0.3) is 0 Å². The fourth-order valence-corrected chi connectivity index (χ4v) is 7.01. The Morgan fingerprint density at radius 1 is 0.724 bits per heavy atom. The maximum absolute atomic E-state index is 15.1. The van der Waals surface area contributed by atoms with Crippen LogP contribution >= 0.6 is 7.14 Å². The van der Waals surface area contributed by atoms with Crippen molar-refractivity contribution in [2.75, 3.05) is 13.2 Å². The minimum absolute atomic E-state index is 0.563. The lowest BCUT2D eigenvalue weighted by Gasteiger charge is -2.24. The van der Waals surface area contributed by atoms with Gasteiger partial charge in [0.15, 0.2) is 7.14 Å². The summed E-state index contributed by atoms with van der Waals surface area (Å²) in [5.41, 5.74) is 0.810. The smallest absolute Gasteiger partial charge is 0.217 e. The van der Waals surface area contributed by atoms with Gasteiger partial charge in [0.2, 0.25) is 5.90 Å². The lowest BCUT2D eigenvalue weighted by Crippen LogP contribution is -2.29. The third kappa shape index (κ3) is 2.99. The van der Waals surface area contributed by atoms with Gasteiger partial charge in [-0.05, 0) is 16.8 Å². The monoisotopic (exact) mass is 397 g/mol. The van der Waals surface area contributed by atoms with Crippen LogP contribution in [0.15, 0.2) is 102 Å².